The molecule has 0 aliphatic rings. The van der Waals surface area contributed by atoms with Crippen LogP contribution < -0.4 is 5.32 Å². The number of nitrogens with zero attached hydrogens (tertiary/aromatic N) is 2. The zero-order chi connectivity index (χ0) is 13.8. The van der Waals surface area contributed by atoms with Crippen molar-refractivity contribution in [3.63, 3.8) is 0 Å². The van der Waals surface area contributed by atoms with E-state index < -0.39 is 5.97 Å². The molecule has 0 bridgehead atoms. The molecule has 0 aliphatic carbocycles. The minimum Gasteiger partial charge on any atom is -0.476 e. The fourth-order valence-electron chi connectivity index (χ4n) is 1.64. The number of aromatic carboxylic acids is 1. The van der Waals surface area contributed by atoms with Crippen molar-refractivity contribution in [1.82, 2.24) is 9.97 Å². The minimum atomic E-state index is -1.09. The third-order valence-corrected chi connectivity index (χ3v) is 3.06. The fourth-order valence-corrected chi connectivity index (χ4v) is 2.05. The summed E-state index contributed by atoms with van der Waals surface area (Å²) in [5.74, 6) is -0.681. The Morgan fingerprint density at radius 2 is 2.21 bits per heavy atom. The molecule has 0 radical (unpaired) electrons. The van der Waals surface area contributed by atoms with Crippen LogP contribution in [0.25, 0.3) is 0 Å². The van der Waals surface area contributed by atoms with Crippen LogP contribution in [0.4, 0.5) is 11.5 Å². The zero-order valence-corrected chi connectivity index (χ0v) is 11.8. The van der Waals surface area contributed by atoms with Crippen LogP contribution in [0.15, 0.2) is 35.1 Å². The second-order valence-electron chi connectivity index (χ2n) is 3.87. The second kappa shape index (κ2) is 5.79. The SMILES string of the molecule is CCc1cc(Br)ccc1Nc1cncc(C(=O)O)n1. The van der Waals surface area contributed by atoms with Crippen molar-refractivity contribution < 1.29 is 9.90 Å². The molecular weight excluding hydrogens is 310 g/mol. The first-order valence-electron chi connectivity index (χ1n) is 5.71. The summed E-state index contributed by atoms with van der Waals surface area (Å²) in [6.45, 7) is 2.05. The molecule has 98 valence electrons. The Hall–Kier alpha value is -1.95. The third kappa shape index (κ3) is 3.29. The van der Waals surface area contributed by atoms with Gasteiger partial charge in [0.25, 0.3) is 0 Å². The molecule has 0 saturated heterocycles. The van der Waals surface area contributed by atoms with Crippen molar-refractivity contribution in [2.24, 2.45) is 0 Å². The number of aryl methyl sites for hydroxylation is 1. The first kappa shape index (κ1) is 13.5. The van der Waals surface area contributed by atoms with Crippen LogP contribution in [0.3, 0.4) is 0 Å². The van der Waals surface area contributed by atoms with Gasteiger partial charge in [-0.15, -0.1) is 0 Å². The van der Waals surface area contributed by atoms with Crippen molar-refractivity contribution in [2.75, 3.05) is 5.32 Å². The monoisotopic (exact) mass is 321 g/mol. The first-order chi connectivity index (χ1) is 9.10. The van der Waals surface area contributed by atoms with E-state index in [1.54, 1.807) is 0 Å². The average Bonchev–Trinajstić information content (AvgIpc) is 2.41. The summed E-state index contributed by atoms with van der Waals surface area (Å²) >= 11 is 3.42. The minimum absolute atomic E-state index is 0.0832. The van der Waals surface area contributed by atoms with E-state index in [0.717, 1.165) is 22.1 Å². The van der Waals surface area contributed by atoms with Crippen molar-refractivity contribution in [2.45, 2.75) is 13.3 Å². The molecule has 0 amide bonds. The maximum Gasteiger partial charge on any atom is 0.356 e. The number of aromatic nitrogens is 2. The molecule has 19 heavy (non-hydrogen) atoms. The van der Waals surface area contributed by atoms with E-state index in [4.69, 9.17) is 5.11 Å². The molecule has 0 spiro atoms. The molecule has 0 unspecified atom stereocenters. The van der Waals surface area contributed by atoms with Gasteiger partial charge in [-0.2, -0.15) is 0 Å². The summed E-state index contributed by atoms with van der Waals surface area (Å²) in [6, 6.07) is 5.84. The number of carboxylic acid groups (broad SMARTS) is 1. The quantitative estimate of drug-likeness (QED) is 0.904. The lowest BCUT2D eigenvalue weighted by atomic mass is 10.1. The van der Waals surface area contributed by atoms with Crippen LogP contribution in [-0.4, -0.2) is 21.0 Å². The molecular formula is C13H12BrN3O2. The highest BCUT2D eigenvalue weighted by molar-refractivity contribution is 9.10. The van der Waals surface area contributed by atoms with Gasteiger partial charge in [-0.05, 0) is 30.2 Å². The third-order valence-electron chi connectivity index (χ3n) is 2.56. The van der Waals surface area contributed by atoms with E-state index in [1.165, 1.54) is 12.4 Å². The largest absolute Gasteiger partial charge is 0.476 e. The highest BCUT2D eigenvalue weighted by Crippen LogP contribution is 2.24. The number of benzene rings is 1. The van der Waals surface area contributed by atoms with Crippen LogP contribution in [0.2, 0.25) is 0 Å². The number of carbonyl (C=O) groups is 1. The highest BCUT2D eigenvalue weighted by atomic mass is 79.9. The molecule has 2 rings (SSSR count). The van der Waals surface area contributed by atoms with E-state index in [1.807, 2.05) is 25.1 Å². The fraction of sp³-hybridized carbons (Fsp3) is 0.154. The van der Waals surface area contributed by atoms with E-state index in [-0.39, 0.29) is 5.69 Å². The molecule has 2 aromatic rings. The molecule has 5 nitrogen and oxygen atoms in total. The average molecular weight is 322 g/mol. The highest BCUT2D eigenvalue weighted by Gasteiger charge is 2.08. The Kier molecular flexibility index (Phi) is 4.11. The predicted octanol–water partition coefficient (Wildman–Crippen LogP) is 3.24. The number of carboxylic acids is 1. The van der Waals surface area contributed by atoms with E-state index in [0.29, 0.717) is 5.82 Å². The zero-order valence-electron chi connectivity index (χ0n) is 10.2. The smallest absolute Gasteiger partial charge is 0.356 e. The molecule has 1 aromatic carbocycles. The molecule has 6 heteroatoms. The number of nitrogens with one attached hydrogen (secondary N) is 1. The lowest BCUT2D eigenvalue weighted by molar-refractivity contribution is 0.0690. The van der Waals surface area contributed by atoms with Crippen LogP contribution >= 0.6 is 15.9 Å². The molecule has 1 aromatic heterocycles. The molecule has 0 saturated carbocycles. The number of hydrogen-bond acceptors (Lipinski definition) is 4. The summed E-state index contributed by atoms with van der Waals surface area (Å²) in [5, 5.41) is 12.0. The summed E-state index contributed by atoms with van der Waals surface area (Å²) in [7, 11) is 0. The molecule has 1 heterocycles. The van der Waals surface area contributed by atoms with Crippen molar-refractivity contribution in [1.29, 1.82) is 0 Å². The number of halogens is 1. The number of anilines is 2. The Bertz CT molecular complexity index is 617. The molecule has 0 aliphatic heterocycles. The number of hydrogen-bond donors (Lipinski definition) is 2. The maximum atomic E-state index is 10.8. The van der Waals surface area contributed by atoms with Crippen molar-refractivity contribution in [3.05, 3.63) is 46.3 Å². The Morgan fingerprint density at radius 1 is 1.42 bits per heavy atom. The summed E-state index contributed by atoms with van der Waals surface area (Å²) < 4.78 is 1.00. The van der Waals surface area contributed by atoms with Crippen LogP contribution in [-0.2, 0) is 6.42 Å². The van der Waals surface area contributed by atoms with Gasteiger partial charge in [0.05, 0.1) is 12.4 Å². The lowest BCUT2D eigenvalue weighted by Gasteiger charge is -2.10. The second-order valence-corrected chi connectivity index (χ2v) is 4.79. The Labute approximate surface area is 118 Å². The predicted molar refractivity (Wildman–Crippen MR) is 75.8 cm³/mol. The standard InChI is InChI=1S/C13H12BrN3O2/c1-2-8-5-9(14)3-4-10(8)16-12-7-15-6-11(17-12)13(18)19/h3-7H,2H2,1H3,(H,16,17)(H,18,19). The molecule has 0 atom stereocenters. The van der Waals surface area contributed by atoms with Crippen LogP contribution in [0.5, 0.6) is 0 Å². The van der Waals surface area contributed by atoms with Crippen LogP contribution in [0, 0.1) is 0 Å². The van der Waals surface area contributed by atoms with Gasteiger partial charge in [0.15, 0.2) is 5.69 Å². The Balaban J connectivity index is 2.30. The van der Waals surface area contributed by atoms with E-state index in [2.05, 4.69) is 31.2 Å². The normalized spacial score (nSPS) is 10.2. The molecule has 0 fully saturated rings. The van der Waals surface area contributed by atoms with Gasteiger partial charge in [-0.25, -0.2) is 9.78 Å². The van der Waals surface area contributed by atoms with Crippen molar-refractivity contribution in [3.8, 4) is 0 Å². The van der Waals surface area contributed by atoms with Gasteiger partial charge >= 0.3 is 5.97 Å². The summed E-state index contributed by atoms with van der Waals surface area (Å²) in [6.07, 6.45) is 3.57. The van der Waals surface area contributed by atoms with Crippen LogP contribution in [0.1, 0.15) is 23.0 Å². The summed E-state index contributed by atoms with van der Waals surface area (Å²) in [4.78, 5) is 18.7. The topological polar surface area (TPSA) is 75.1 Å². The van der Waals surface area contributed by atoms with Gasteiger partial charge in [0.1, 0.15) is 5.82 Å². The van der Waals surface area contributed by atoms with Gasteiger partial charge < -0.3 is 10.4 Å². The lowest BCUT2D eigenvalue weighted by Crippen LogP contribution is -2.04. The van der Waals surface area contributed by atoms with Gasteiger partial charge in [-0.1, -0.05) is 22.9 Å². The van der Waals surface area contributed by atoms with Gasteiger partial charge in [0, 0.05) is 10.2 Å². The Morgan fingerprint density at radius 3 is 2.89 bits per heavy atom. The maximum absolute atomic E-state index is 10.8. The van der Waals surface area contributed by atoms with Gasteiger partial charge in [-0.3, -0.25) is 4.98 Å². The summed E-state index contributed by atoms with van der Waals surface area (Å²) in [5.41, 5.74) is 1.92. The number of rotatable bonds is 4. The molecule has 2 N–H and O–H groups in total. The van der Waals surface area contributed by atoms with Crippen molar-refractivity contribution >= 4 is 33.4 Å². The van der Waals surface area contributed by atoms with E-state index >= 15 is 0 Å². The van der Waals surface area contributed by atoms with Gasteiger partial charge in [0.2, 0.25) is 0 Å². The first-order valence-corrected chi connectivity index (χ1v) is 6.50. The van der Waals surface area contributed by atoms with E-state index in [9.17, 15) is 4.79 Å².